The topological polar surface area (TPSA) is 40.5 Å². The van der Waals surface area contributed by atoms with Gasteiger partial charge in [0, 0.05) is 7.85 Å². The van der Waals surface area contributed by atoms with Gasteiger partial charge in [0.25, 0.3) is 0 Å². The van der Waals surface area contributed by atoms with E-state index in [1.807, 2.05) is 0 Å². The van der Waals surface area contributed by atoms with E-state index in [-0.39, 0.29) is 12.2 Å². The molecular weight excluding hydrogens is 502 g/mol. The van der Waals surface area contributed by atoms with E-state index in [1.165, 1.54) is 12.8 Å². The molecule has 6 rings (SSSR count). The van der Waals surface area contributed by atoms with Crippen LogP contribution in [0.1, 0.15) is 25.7 Å². The van der Waals surface area contributed by atoms with Crippen molar-refractivity contribution in [2.45, 2.75) is 45.7 Å². The van der Waals surface area contributed by atoms with Crippen molar-refractivity contribution in [2.24, 2.45) is 59.2 Å². The third-order valence-corrected chi connectivity index (χ3v) is 12.4. The van der Waals surface area contributed by atoms with Crippen LogP contribution in [0.3, 0.4) is 0 Å². The van der Waals surface area contributed by atoms with E-state index < -0.39 is 0 Å². The minimum atomic E-state index is -0.0105. The lowest BCUT2D eigenvalue weighted by molar-refractivity contribution is 0.0746. The van der Waals surface area contributed by atoms with Gasteiger partial charge in [0.2, 0.25) is 0 Å². The van der Waals surface area contributed by atoms with Crippen molar-refractivity contribution in [3.63, 3.8) is 0 Å². The maximum Gasteiger partial charge on any atom is 0.0574 e. The Morgan fingerprint density at radius 2 is 0.909 bits per heavy atom. The zero-order chi connectivity index (χ0) is 14.9. The number of hydrogen-bond donors (Lipinski definition) is 2. The quantitative estimate of drug-likeness (QED) is 0.377. The molecule has 2 N–H and O–H groups in total. The number of fused-ring (bicyclic) bond motifs is 6. The summed E-state index contributed by atoms with van der Waals surface area (Å²) in [5, 5.41) is 21.3. The molecule has 0 spiro atoms. The number of rotatable bonds is 0. The van der Waals surface area contributed by atoms with Crippen LogP contribution < -0.4 is 0 Å². The van der Waals surface area contributed by atoms with E-state index in [2.05, 4.69) is 45.2 Å². The van der Waals surface area contributed by atoms with Crippen LogP contribution in [0.5, 0.6) is 0 Å². The molecule has 0 heterocycles. The number of aliphatic hydroxyl groups excluding tert-OH is 2. The van der Waals surface area contributed by atoms with Crippen LogP contribution in [0.25, 0.3) is 0 Å². The third kappa shape index (κ3) is 1.41. The molecule has 0 aliphatic heterocycles. The van der Waals surface area contributed by atoms with Gasteiger partial charge >= 0.3 is 0 Å². The van der Waals surface area contributed by atoms with E-state index in [0.29, 0.717) is 11.8 Å². The maximum atomic E-state index is 10.6. The van der Waals surface area contributed by atoms with Gasteiger partial charge in [-0.1, -0.05) is 45.2 Å². The minimum Gasteiger partial charge on any atom is -0.393 e. The standard InChI is InChI=1S/C18H24I2O2/c19-17-11-5-1-3-7(21)9(5)15-13(11)14-12(18(15)20)6-2-4-8(22)10(6)16(14)17/h5-18,21-22H,1-4H2/t5-,6+,7-,8+,9-,10-,11-,12+,13+,14+,15-,16+,17-,18-/m1/s1. The highest BCUT2D eigenvalue weighted by Crippen LogP contribution is 2.78. The van der Waals surface area contributed by atoms with Crippen LogP contribution in [0.2, 0.25) is 0 Å². The first-order valence-corrected chi connectivity index (χ1v) is 11.7. The van der Waals surface area contributed by atoms with Gasteiger partial charge in [-0.15, -0.1) is 0 Å². The van der Waals surface area contributed by atoms with Crippen LogP contribution >= 0.6 is 45.2 Å². The Balaban J connectivity index is 1.49. The second-order valence-corrected chi connectivity index (χ2v) is 12.0. The van der Waals surface area contributed by atoms with Crippen molar-refractivity contribution < 1.29 is 10.2 Å². The number of hydrogen-bond acceptors (Lipinski definition) is 2. The van der Waals surface area contributed by atoms with Crippen LogP contribution in [0.4, 0.5) is 0 Å². The first-order chi connectivity index (χ1) is 10.6. The lowest BCUT2D eigenvalue weighted by Gasteiger charge is -2.32. The fourth-order valence-electron chi connectivity index (χ4n) is 8.93. The van der Waals surface area contributed by atoms with E-state index in [1.54, 1.807) is 0 Å². The first kappa shape index (κ1) is 14.5. The molecule has 6 aliphatic carbocycles. The van der Waals surface area contributed by atoms with Gasteiger partial charge in [-0.05, 0) is 84.9 Å². The van der Waals surface area contributed by atoms with E-state index in [4.69, 9.17) is 0 Å². The summed E-state index contributed by atoms with van der Waals surface area (Å²) >= 11 is 5.56. The molecule has 2 nitrogen and oxygen atoms in total. The third-order valence-electron chi connectivity index (χ3n) is 9.04. The predicted molar refractivity (Wildman–Crippen MR) is 101 cm³/mol. The second kappa shape index (κ2) is 4.56. The molecule has 22 heavy (non-hydrogen) atoms. The molecule has 0 bridgehead atoms. The molecule has 6 saturated carbocycles. The van der Waals surface area contributed by atoms with Crippen LogP contribution in [0.15, 0.2) is 0 Å². The van der Waals surface area contributed by atoms with Gasteiger partial charge in [-0.3, -0.25) is 0 Å². The lowest BCUT2D eigenvalue weighted by Crippen LogP contribution is -2.34. The predicted octanol–water partition coefficient (Wildman–Crippen LogP) is 3.12. The average molecular weight is 526 g/mol. The van der Waals surface area contributed by atoms with E-state index in [9.17, 15) is 10.2 Å². The summed E-state index contributed by atoms with van der Waals surface area (Å²) < 4.78 is 1.54. The molecule has 14 atom stereocenters. The first-order valence-electron chi connectivity index (χ1n) is 9.25. The summed E-state index contributed by atoms with van der Waals surface area (Å²) in [7, 11) is 0. The SMILES string of the molecule is O[C@@H]1CC[C@H]2[C@H]3[C@@H](I)[C@@H]4[C@@H]5[C@H]3[C@H]([C@H](I)[C@H]5[C@H]3CC[C@H](O)[C@@H]34)[C@H]21. The van der Waals surface area contributed by atoms with Crippen molar-refractivity contribution in [3.8, 4) is 0 Å². The maximum absolute atomic E-state index is 10.6. The van der Waals surface area contributed by atoms with Gasteiger partial charge in [-0.2, -0.15) is 0 Å². The Morgan fingerprint density at radius 3 is 1.32 bits per heavy atom. The van der Waals surface area contributed by atoms with Crippen molar-refractivity contribution in [2.75, 3.05) is 0 Å². The fraction of sp³-hybridized carbons (Fsp3) is 1.00. The highest BCUT2D eigenvalue weighted by atomic mass is 127. The molecule has 0 amide bonds. The highest BCUT2D eigenvalue weighted by molar-refractivity contribution is 14.1. The zero-order valence-electron chi connectivity index (χ0n) is 12.6. The molecule has 6 aliphatic rings. The van der Waals surface area contributed by atoms with Gasteiger partial charge < -0.3 is 10.2 Å². The summed E-state index contributed by atoms with van der Waals surface area (Å²) in [6.45, 7) is 0. The summed E-state index contributed by atoms with van der Waals surface area (Å²) in [6.07, 6.45) is 4.63. The summed E-state index contributed by atoms with van der Waals surface area (Å²) in [5.41, 5.74) is 0. The van der Waals surface area contributed by atoms with Crippen LogP contribution in [-0.2, 0) is 0 Å². The molecule has 0 aromatic rings. The Labute approximate surface area is 159 Å². The molecule has 4 heteroatoms. The van der Waals surface area contributed by atoms with Crippen LogP contribution in [0, 0.1) is 59.2 Å². The fourth-order valence-corrected chi connectivity index (χ4v) is 12.9. The van der Waals surface area contributed by atoms with Crippen molar-refractivity contribution in [1.82, 2.24) is 0 Å². The number of alkyl halides is 2. The zero-order valence-corrected chi connectivity index (χ0v) is 16.9. The molecule has 122 valence electrons. The van der Waals surface area contributed by atoms with Crippen molar-refractivity contribution >= 4 is 45.2 Å². The molecule has 0 unspecified atom stereocenters. The molecule has 0 saturated heterocycles. The smallest absolute Gasteiger partial charge is 0.0574 e. The average Bonchev–Trinajstić information content (AvgIpc) is 3.22. The van der Waals surface area contributed by atoms with Gasteiger partial charge in [0.15, 0.2) is 0 Å². The highest BCUT2D eigenvalue weighted by Gasteiger charge is 2.77. The van der Waals surface area contributed by atoms with E-state index >= 15 is 0 Å². The van der Waals surface area contributed by atoms with E-state index in [0.717, 1.165) is 68.0 Å². The summed E-state index contributed by atoms with van der Waals surface area (Å²) in [6, 6.07) is 0. The van der Waals surface area contributed by atoms with Crippen LogP contribution in [-0.4, -0.2) is 30.3 Å². The molecule has 0 aromatic heterocycles. The normalized spacial score (nSPS) is 73.6. The molecule has 0 aromatic carbocycles. The molecule has 6 fully saturated rings. The molecule has 0 radical (unpaired) electrons. The number of halogens is 2. The monoisotopic (exact) mass is 526 g/mol. The summed E-state index contributed by atoms with van der Waals surface area (Å²) in [4.78, 5) is 0. The minimum absolute atomic E-state index is 0.0105. The second-order valence-electron chi connectivity index (χ2n) is 9.12. The van der Waals surface area contributed by atoms with Crippen molar-refractivity contribution in [3.05, 3.63) is 0 Å². The van der Waals surface area contributed by atoms with Crippen molar-refractivity contribution in [1.29, 1.82) is 0 Å². The Bertz CT molecular complexity index is 481. The Hall–Kier alpha value is 1.38. The largest absolute Gasteiger partial charge is 0.393 e. The van der Waals surface area contributed by atoms with Gasteiger partial charge in [0.05, 0.1) is 12.2 Å². The van der Waals surface area contributed by atoms with Gasteiger partial charge in [0.1, 0.15) is 0 Å². The Kier molecular flexibility index (Phi) is 3.01. The molecular formula is C18H24I2O2. The summed E-state index contributed by atoms with van der Waals surface area (Å²) in [5.74, 6) is 7.92. The number of aliphatic hydroxyl groups is 2. The Morgan fingerprint density at radius 1 is 0.500 bits per heavy atom. The van der Waals surface area contributed by atoms with Gasteiger partial charge in [-0.25, -0.2) is 0 Å². The lowest BCUT2D eigenvalue weighted by atomic mass is 9.79.